The minimum Gasteiger partial charge on any atom is -0.509 e. The standard InChI is InChI=1S/C47H50N4O.Pt/c1-29-16-15-17-30(2)42(29)43-31(3)49-51(44(43)47(10,11)12)34-24-33(46(7,8)9)25-36(27-34)52-35-20-21-38-37-18-13-14-19-39(37)50(40(38)28-35)41-26-32(22-23-48-41)45(4,5)6;/h13-26H,1-12H3;/q-2;+2. The Labute approximate surface area is 329 Å². The number of nitrogens with zero attached hydrogens (tertiary/aromatic N) is 4. The summed E-state index contributed by atoms with van der Waals surface area (Å²) in [5.74, 6) is 2.09. The van der Waals surface area contributed by atoms with E-state index in [4.69, 9.17) is 14.8 Å². The molecule has 53 heavy (non-hydrogen) atoms. The third-order valence-electron chi connectivity index (χ3n) is 10.0. The number of hydrogen-bond acceptors (Lipinski definition) is 3. The molecule has 0 saturated heterocycles. The molecule has 0 aliphatic rings. The van der Waals surface area contributed by atoms with Crippen LogP contribution in [0.1, 0.15) is 96.0 Å². The fourth-order valence-electron chi connectivity index (χ4n) is 7.33. The van der Waals surface area contributed by atoms with E-state index in [1.807, 2.05) is 12.3 Å². The summed E-state index contributed by atoms with van der Waals surface area (Å²) in [7, 11) is 0. The molecule has 0 fully saturated rings. The quantitative estimate of drug-likeness (QED) is 0.162. The molecule has 7 aromatic rings. The maximum atomic E-state index is 6.75. The van der Waals surface area contributed by atoms with Gasteiger partial charge in [0.1, 0.15) is 5.82 Å². The largest absolute Gasteiger partial charge is 2.00 e. The maximum Gasteiger partial charge on any atom is 2.00 e. The van der Waals surface area contributed by atoms with Gasteiger partial charge in [-0.25, -0.2) is 4.98 Å². The zero-order valence-electron chi connectivity index (χ0n) is 33.1. The Morgan fingerprint density at radius 2 is 1.30 bits per heavy atom. The first-order chi connectivity index (χ1) is 24.4. The predicted octanol–water partition coefficient (Wildman–Crippen LogP) is 12.2. The van der Waals surface area contributed by atoms with Gasteiger partial charge in [-0.3, -0.25) is 4.68 Å². The van der Waals surface area contributed by atoms with Crippen molar-refractivity contribution in [3.05, 3.63) is 131 Å². The number of ether oxygens (including phenoxy) is 1. The van der Waals surface area contributed by atoms with Gasteiger partial charge in [0.25, 0.3) is 0 Å². The van der Waals surface area contributed by atoms with E-state index in [1.54, 1.807) is 0 Å². The van der Waals surface area contributed by atoms with Crippen molar-refractivity contribution >= 4 is 21.8 Å². The molecule has 0 aliphatic heterocycles. The van der Waals surface area contributed by atoms with Crippen LogP contribution in [0.15, 0.2) is 85.1 Å². The molecule has 3 aromatic heterocycles. The molecule has 3 heterocycles. The van der Waals surface area contributed by atoms with Gasteiger partial charge in [-0.2, -0.15) is 11.2 Å². The van der Waals surface area contributed by atoms with Gasteiger partial charge in [-0.15, -0.1) is 41.3 Å². The van der Waals surface area contributed by atoms with Crippen LogP contribution in [0.4, 0.5) is 0 Å². The van der Waals surface area contributed by atoms with E-state index < -0.39 is 0 Å². The monoisotopic (exact) mass is 881 g/mol. The van der Waals surface area contributed by atoms with E-state index in [0.717, 1.165) is 50.3 Å². The van der Waals surface area contributed by atoms with Gasteiger partial charge in [0, 0.05) is 34.2 Å². The number of hydrogen-bond donors (Lipinski definition) is 0. The van der Waals surface area contributed by atoms with Crippen LogP contribution in [-0.2, 0) is 37.3 Å². The number of fused-ring (bicyclic) bond motifs is 3. The Bertz CT molecular complexity index is 2460. The number of rotatable bonds is 5. The second-order valence-electron chi connectivity index (χ2n) is 17.3. The van der Waals surface area contributed by atoms with Gasteiger partial charge in [0.05, 0.1) is 11.4 Å². The Balaban J connectivity index is 0.00000481. The van der Waals surface area contributed by atoms with Crippen LogP contribution in [0.25, 0.3) is 44.4 Å². The molecule has 0 atom stereocenters. The smallest absolute Gasteiger partial charge is 0.509 e. The molecule has 4 aromatic carbocycles. The van der Waals surface area contributed by atoms with Crippen LogP contribution in [0.2, 0.25) is 0 Å². The molecule has 0 spiro atoms. The van der Waals surface area contributed by atoms with Crippen molar-refractivity contribution in [1.82, 2.24) is 19.3 Å². The van der Waals surface area contributed by atoms with Crippen LogP contribution in [0, 0.1) is 32.9 Å². The van der Waals surface area contributed by atoms with Gasteiger partial charge >= 0.3 is 21.1 Å². The van der Waals surface area contributed by atoms with Crippen molar-refractivity contribution in [3.8, 4) is 34.1 Å². The molecule has 6 heteroatoms. The van der Waals surface area contributed by atoms with Gasteiger partial charge in [0.2, 0.25) is 0 Å². The van der Waals surface area contributed by atoms with Crippen molar-refractivity contribution in [2.24, 2.45) is 0 Å². The molecule has 0 aliphatic carbocycles. The summed E-state index contributed by atoms with van der Waals surface area (Å²) < 4.78 is 11.0. The molecule has 5 nitrogen and oxygen atoms in total. The molecule has 274 valence electrons. The average Bonchev–Trinajstić information content (AvgIpc) is 3.58. The molecular weight excluding hydrogens is 832 g/mol. The van der Waals surface area contributed by atoms with E-state index in [1.165, 1.54) is 27.8 Å². The summed E-state index contributed by atoms with van der Waals surface area (Å²) in [4.78, 5) is 4.85. The third-order valence-corrected chi connectivity index (χ3v) is 10.0. The van der Waals surface area contributed by atoms with Gasteiger partial charge < -0.3 is 9.30 Å². The van der Waals surface area contributed by atoms with Crippen LogP contribution in [0.3, 0.4) is 0 Å². The fraction of sp³-hybridized carbons (Fsp3) is 0.319. The van der Waals surface area contributed by atoms with Crippen LogP contribution < -0.4 is 4.74 Å². The minimum absolute atomic E-state index is 0. The van der Waals surface area contributed by atoms with Crippen LogP contribution in [-0.4, -0.2) is 19.3 Å². The number of pyridine rings is 1. The second-order valence-corrected chi connectivity index (χ2v) is 17.3. The van der Waals surface area contributed by atoms with E-state index in [0.29, 0.717) is 11.5 Å². The SMILES string of the molecule is Cc1cccc(C)c1-c1c(C)nn(-c2[c-]c(Oc3[c-]c4c(cc3)c3ccccc3n4-c3cc(C(C)(C)C)ccn3)cc(C(C)(C)C)c2)c1C(C)(C)C.[Pt+2]. The number of aromatic nitrogens is 4. The summed E-state index contributed by atoms with van der Waals surface area (Å²) in [5.41, 5.74) is 11.9. The van der Waals surface area contributed by atoms with Crippen molar-refractivity contribution in [2.75, 3.05) is 0 Å². The molecule has 7 rings (SSSR count). The van der Waals surface area contributed by atoms with Gasteiger partial charge in [-0.05, 0) is 83.1 Å². The van der Waals surface area contributed by atoms with Crippen molar-refractivity contribution in [3.63, 3.8) is 0 Å². The van der Waals surface area contributed by atoms with E-state index in [2.05, 4.69) is 177 Å². The summed E-state index contributed by atoms with van der Waals surface area (Å²) in [6, 6.07) is 35.0. The molecular formula is C47H50N4OPt. The van der Waals surface area contributed by atoms with Gasteiger partial charge in [0.15, 0.2) is 0 Å². The van der Waals surface area contributed by atoms with E-state index in [9.17, 15) is 0 Å². The average molecular weight is 882 g/mol. The molecule has 0 bridgehead atoms. The van der Waals surface area contributed by atoms with Crippen molar-refractivity contribution in [2.45, 2.75) is 99.3 Å². The van der Waals surface area contributed by atoms with E-state index in [-0.39, 0.29) is 37.3 Å². The Hall–Kier alpha value is -4.47. The second kappa shape index (κ2) is 13.7. The molecule has 0 N–H and O–H groups in total. The van der Waals surface area contributed by atoms with Crippen LogP contribution >= 0.6 is 0 Å². The first-order valence-electron chi connectivity index (χ1n) is 18.3. The Kier molecular flexibility index (Phi) is 9.92. The number of aryl methyl sites for hydroxylation is 3. The topological polar surface area (TPSA) is 44.9 Å². The van der Waals surface area contributed by atoms with E-state index >= 15 is 0 Å². The van der Waals surface area contributed by atoms with Crippen LogP contribution in [0.5, 0.6) is 11.5 Å². The Morgan fingerprint density at radius 3 is 1.96 bits per heavy atom. The van der Waals surface area contributed by atoms with Gasteiger partial charge in [-0.1, -0.05) is 104 Å². The minimum atomic E-state index is -0.206. The number of benzene rings is 4. The third kappa shape index (κ3) is 7.13. The van der Waals surface area contributed by atoms with Crippen molar-refractivity contribution in [1.29, 1.82) is 0 Å². The number of para-hydroxylation sites is 1. The first-order valence-corrected chi connectivity index (χ1v) is 18.3. The fourth-order valence-corrected chi connectivity index (χ4v) is 7.33. The summed E-state index contributed by atoms with van der Waals surface area (Å²) >= 11 is 0. The molecule has 0 radical (unpaired) electrons. The maximum absolute atomic E-state index is 6.75. The predicted molar refractivity (Wildman–Crippen MR) is 216 cm³/mol. The zero-order valence-corrected chi connectivity index (χ0v) is 35.4. The summed E-state index contributed by atoms with van der Waals surface area (Å²) in [5, 5.41) is 7.47. The molecule has 0 saturated carbocycles. The molecule has 0 amide bonds. The Morgan fingerprint density at radius 1 is 0.623 bits per heavy atom. The first kappa shape index (κ1) is 38.3. The normalized spacial score (nSPS) is 12.4. The summed E-state index contributed by atoms with van der Waals surface area (Å²) in [6.07, 6.45) is 1.90. The molecule has 0 unspecified atom stereocenters. The zero-order chi connectivity index (χ0) is 37.3. The van der Waals surface area contributed by atoms with Crippen molar-refractivity contribution < 1.29 is 25.8 Å². The summed E-state index contributed by atoms with van der Waals surface area (Å²) in [6.45, 7) is 26.6.